The second kappa shape index (κ2) is 7.96. The highest BCUT2D eigenvalue weighted by Crippen LogP contribution is 2.14. The van der Waals surface area contributed by atoms with E-state index in [9.17, 15) is 4.79 Å². The predicted molar refractivity (Wildman–Crippen MR) is 62.0 cm³/mol. The molecule has 0 spiro atoms. The quantitative estimate of drug-likeness (QED) is 0.226. The van der Waals surface area contributed by atoms with Crippen molar-refractivity contribution in [3.05, 3.63) is 10.4 Å². The van der Waals surface area contributed by atoms with Crippen LogP contribution >= 0.6 is 0 Å². The molecule has 0 amide bonds. The molecule has 0 radical (unpaired) electrons. The molecule has 16 heavy (non-hydrogen) atoms. The first-order valence-electron chi connectivity index (χ1n) is 5.45. The summed E-state index contributed by atoms with van der Waals surface area (Å²) in [6, 6.07) is 0. The van der Waals surface area contributed by atoms with Crippen LogP contribution in [0, 0.1) is 0 Å². The van der Waals surface area contributed by atoms with Gasteiger partial charge in [0.2, 0.25) is 0 Å². The Morgan fingerprint density at radius 2 is 2.31 bits per heavy atom. The molecule has 0 bridgehead atoms. The molecule has 0 fully saturated rings. The molecule has 0 aliphatic carbocycles. The highest BCUT2D eigenvalue weighted by atomic mass is 16.5. The first-order valence-corrected chi connectivity index (χ1v) is 5.45. The highest BCUT2D eigenvalue weighted by molar-refractivity contribution is 5.80. The maximum absolute atomic E-state index is 11.6. The normalized spacial score (nSPS) is 13.7. The van der Waals surface area contributed by atoms with E-state index in [2.05, 4.69) is 15.3 Å². The van der Waals surface area contributed by atoms with E-state index in [0.29, 0.717) is 19.5 Å². The Morgan fingerprint density at radius 3 is 2.81 bits per heavy atom. The van der Waals surface area contributed by atoms with E-state index >= 15 is 0 Å². The van der Waals surface area contributed by atoms with Crippen LogP contribution in [0.25, 0.3) is 10.4 Å². The van der Waals surface area contributed by atoms with Crippen LogP contribution < -0.4 is 5.32 Å². The lowest BCUT2D eigenvalue weighted by molar-refractivity contribution is -0.148. The van der Waals surface area contributed by atoms with E-state index in [4.69, 9.17) is 10.3 Å². The van der Waals surface area contributed by atoms with Crippen molar-refractivity contribution < 1.29 is 9.53 Å². The predicted octanol–water partition coefficient (Wildman–Crippen LogP) is 2.01. The Balaban J connectivity index is 4.11. The van der Waals surface area contributed by atoms with Gasteiger partial charge in [-0.3, -0.25) is 4.79 Å². The summed E-state index contributed by atoms with van der Waals surface area (Å²) in [5.41, 5.74) is 7.46. The molecule has 0 heterocycles. The van der Waals surface area contributed by atoms with E-state index < -0.39 is 5.54 Å². The minimum Gasteiger partial charge on any atom is -0.468 e. The van der Waals surface area contributed by atoms with Crippen LogP contribution in [-0.2, 0) is 9.53 Å². The van der Waals surface area contributed by atoms with Gasteiger partial charge >= 0.3 is 5.97 Å². The zero-order chi connectivity index (χ0) is 12.4. The summed E-state index contributed by atoms with van der Waals surface area (Å²) in [5.74, 6) is -0.252. The average Bonchev–Trinajstić information content (AvgIpc) is 2.28. The third kappa shape index (κ3) is 5.00. The zero-order valence-electron chi connectivity index (χ0n) is 10.2. The molecule has 6 nitrogen and oxygen atoms in total. The molecule has 0 aliphatic heterocycles. The number of methoxy groups -OCH3 is 1. The number of esters is 1. The van der Waals surface area contributed by atoms with Crippen LogP contribution in [0.2, 0.25) is 0 Å². The van der Waals surface area contributed by atoms with Gasteiger partial charge in [0.05, 0.1) is 7.11 Å². The minimum absolute atomic E-state index is 0.252. The van der Waals surface area contributed by atoms with Gasteiger partial charge < -0.3 is 10.1 Å². The Hall–Kier alpha value is -1.26. The third-order valence-corrected chi connectivity index (χ3v) is 2.40. The lowest BCUT2D eigenvalue weighted by Gasteiger charge is -2.27. The Bertz CT molecular complexity index is 264. The molecule has 1 atom stereocenters. The molecule has 1 unspecified atom stereocenters. The molecule has 0 aromatic rings. The highest BCUT2D eigenvalue weighted by Gasteiger charge is 2.32. The maximum Gasteiger partial charge on any atom is 0.325 e. The summed E-state index contributed by atoms with van der Waals surface area (Å²) in [7, 11) is 1.39. The smallest absolute Gasteiger partial charge is 0.325 e. The van der Waals surface area contributed by atoms with Crippen molar-refractivity contribution in [3.63, 3.8) is 0 Å². The van der Waals surface area contributed by atoms with Crippen molar-refractivity contribution >= 4 is 5.97 Å². The fourth-order valence-corrected chi connectivity index (χ4v) is 1.55. The number of carbonyl (C=O) groups excluding carboxylic acids is 1. The van der Waals surface area contributed by atoms with Crippen molar-refractivity contribution in [3.8, 4) is 0 Å². The Labute approximate surface area is 96.0 Å². The zero-order valence-corrected chi connectivity index (χ0v) is 10.2. The van der Waals surface area contributed by atoms with E-state index in [1.54, 1.807) is 0 Å². The van der Waals surface area contributed by atoms with Gasteiger partial charge in [-0.05, 0) is 31.8 Å². The van der Waals surface area contributed by atoms with Gasteiger partial charge in [-0.15, -0.1) is 0 Å². The van der Waals surface area contributed by atoms with Crippen LogP contribution in [0.3, 0.4) is 0 Å². The standard InChI is InChI=1S/C10H20N4O2/c1-4-6-10(2,9(15)16-3)12-7-5-8-13-14-11/h12H,4-8H2,1-3H3. The summed E-state index contributed by atoms with van der Waals surface area (Å²) in [6.07, 6.45) is 2.33. The molecule has 1 N–H and O–H groups in total. The molecular formula is C10H20N4O2. The monoisotopic (exact) mass is 228 g/mol. The minimum atomic E-state index is -0.639. The molecule has 0 aliphatic rings. The molecule has 0 aromatic carbocycles. The van der Waals surface area contributed by atoms with Crippen molar-refractivity contribution in [2.24, 2.45) is 5.11 Å². The lowest BCUT2D eigenvalue weighted by Crippen LogP contribution is -2.50. The number of azide groups is 1. The van der Waals surface area contributed by atoms with Gasteiger partial charge in [-0.25, -0.2) is 0 Å². The van der Waals surface area contributed by atoms with Crippen LogP contribution in [-0.4, -0.2) is 31.7 Å². The lowest BCUT2D eigenvalue weighted by atomic mass is 9.96. The third-order valence-electron chi connectivity index (χ3n) is 2.40. The number of rotatable bonds is 8. The van der Waals surface area contributed by atoms with Crippen molar-refractivity contribution in [2.75, 3.05) is 20.2 Å². The average molecular weight is 228 g/mol. The first-order chi connectivity index (χ1) is 7.60. The fourth-order valence-electron chi connectivity index (χ4n) is 1.55. The molecule has 6 heteroatoms. The van der Waals surface area contributed by atoms with E-state index in [1.807, 2.05) is 13.8 Å². The van der Waals surface area contributed by atoms with Crippen molar-refractivity contribution in [1.82, 2.24) is 5.32 Å². The number of nitrogens with one attached hydrogen (secondary N) is 1. The number of nitrogens with zero attached hydrogens (tertiary/aromatic N) is 3. The van der Waals surface area contributed by atoms with Crippen LogP contribution in [0.1, 0.15) is 33.1 Å². The SMILES string of the molecule is CCCC(C)(NCCCN=[N+]=[N-])C(=O)OC. The molecule has 0 aromatic heterocycles. The van der Waals surface area contributed by atoms with Gasteiger partial charge in [0.25, 0.3) is 0 Å². The van der Waals surface area contributed by atoms with Gasteiger partial charge in [0.15, 0.2) is 0 Å². The second-order valence-corrected chi connectivity index (χ2v) is 3.81. The number of hydrogen-bond acceptors (Lipinski definition) is 4. The molecule has 0 saturated heterocycles. The van der Waals surface area contributed by atoms with Crippen LogP contribution in [0.4, 0.5) is 0 Å². The largest absolute Gasteiger partial charge is 0.468 e. The van der Waals surface area contributed by atoms with Crippen molar-refractivity contribution in [2.45, 2.75) is 38.6 Å². The maximum atomic E-state index is 11.6. The summed E-state index contributed by atoms with van der Waals surface area (Å²) >= 11 is 0. The summed E-state index contributed by atoms with van der Waals surface area (Å²) < 4.78 is 4.76. The van der Waals surface area contributed by atoms with E-state index in [0.717, 1.165) is 12.8 Å². The van der Waals surface area contributed by atoms with Crippen LogP contribution in [0.5, 0.6) is 0 Å². The summed E-state index contributed by atoms with van der Waals surface area (Å²) in [5, 5.41) is 6.58. The molecular weight excluding hydrogens is 208 g/mol. The van der Waals surface area contributed by atoms with Gasteiger partial charge in [0.1, 0.15) is 5.54 Å². The number of hydrogen-bond donors (Lipinski definition) is 1. The molecule has 0 rings (SSSR count). The van der Waals surface area contributed by atoms with Crippen molar-refractivity contribution in [1.29, 1.82) is 0 Å². The Kier molecular flexibility index (Phi) is 7.33. The summed E-state index contributed by atoms with van der Waals surface area (Å²) in [6.45, 7) is 4.91. The van der Waals surface area contributed by atoms with E-state index in [-0.39, 0.29) is 5.97 Å². The van der Waals surface area contributed by atoms with Crippen LogP contribution in [0.15, 0.2) is 5.11 Å². The van der Waals surface area contributed by atoms with Gasteiger partial charge in [0, 0.05) is 11.5 Å². The van der Waals surface area contributed by atoms with Gasteiger partial charge in [-0.1, -0.05) is 18.5 Å². The van der Waals surface area contributed by atoms with Gasteiger partial charge in [-0.2, -0.15) is 0 Å². The summed E-state index contributed by atoms with van der Waals surface area (Å²) in [4.78, 5) is 14.2. The fraction of sp³-hybridized carbons (Fsp3) is 0.900. The number of carbonyl (C=O) groups is 1. The second-order valence-electron chi connectivity index (χ2n) is 3.81. The molecule has 0 saturated carbocycles. The first kappa shape index (κ1) is 14.7. The number of ether oxygens (including phenoxy) is 1. The van der Waals surface area contributed by atoms with E-state index in [1.165, 1.54) is 7.11 Å². The molecule has 92 valence electrons. The Morgan fingerprint density at radius 1 is 1.62 bits per heavy atom. The topological polar surface area (TPSA) is 87.1 Å².